The van der Waals surface area contributed by atoms with E-state index >= 15 is 0 Å². The molecular formula is C26H26Cl2N4O4S. The fraction of sp³-hybridized carbons (Fsp3) is 0.269. The molecule has 37 heavy (non-hydrogen) atoms. The molecule has 0 unspecified atom stereocenters. The average Bonchev–Trinajstić information content (AvgIpc) is 2.85. The van der Waals surface area contributed by atoms with Gasteiger partial charge in [-0.25, -0.2) is 18.4 Å². The highest BCUT2D eigenvalue weighted by Gasteiger charge is 2.19. The Morgan fingerprint density at radius 3 is 2.73 bits per heavy atom. The lowest BCUT2D eigenvalue weighted by Gasteiger charge is -2.20. The third-order valence-corrected chi connectivity index (χ3v) is 6.29. The second-order valence-electron chi connectivity index (χ2n) is 7.99. The van der Waals surface area contributed by atoms with Crippen molar-refractivity contribution in [3.05, 3.63) is 81.6 Å². The van der Waals surface area contributed by atoms with Crippen LogP contribution in [0, 0.1) is 11.3 Å². The third-order valence-electron chi connectivity index (χ3n) is 5.30. The molecule has 0 spiro atoms. The van der Waals surface area contributed by atoms with Crippen LogP contribution < -0.4 is 14.2 Å². The van der Waals surface area contributed by atoms with Crippen LogP contribution >= 0.6 is 23.2 Å². The molecule has 0 radical (unpaired) electrons. The summed E-state index contributed by atoms with van der Waals surface area (Å²) in [5.74, 6) is 1.28. The molecule has 0 bridgehead atoms. The van der Waals surface area contributed by atoms with Crippen molar-refractivity contribution in [1.82, 2.24) is 9.97 Å². The molecule has 0 saturated heterocycles. The highest BCUT2D eigenvalue weighted by molar-refractivity contribution is 7.91. The van der Waals surface area contributed by atoms with Gasteiger partial charge >= 0.3 is 0 Å². The third kappa shape index (κ3) is 7.13. The predicted molar refractivity (Wildman–Crippen MR) is 146 cm³/mol. The van der Waals surface area contributed by atoms with Gasteiger partial charge in [0.15, 0.2) is 5.75 Å². The summed E-state index contributed by atoms with van der Waals surface area (Å²) in [6.07, 6.45) is 6.29. The zero-order valence-corrected chi connectivity index (χ0v) is 21.6. The van der Waals surface area contributed by atoms with Crippen molar-refractivity contribution >= 4 is 44.7 Å². The van der Waals surface area contributed by atoms with E-state index in [0.717, 1.165) is 41.4 Å². The van der Waals surface area contributed by atoms with Gasteiger partial charge in [-0.05, 0) is 65.4 Å². The van der Waals surface area contributed by atoms with Gasteiger partial charge in [-0.1, -0.05) is 31.2 Å². The number of alkyl halides is 1. The maximum absolute atomic E-state index is 11.4. The SMILES string of the molecule is C.CS(=O)(=O)Nc1nccc(COc2ccc3c(c2)CCC=C3c2cc(Cl)c(OCCCl)c(C#N)c2)n1. The average molecular weight is 561 g/mol. The van der Waals surface area contributed by atoms with E-state index in [1.807, 2.05) is 18.2 Å². The molecule has 0 aliphatic heterocycles. The van der Waals surface area contributed by atoms with Crippen LogP contribution in [0.3, 0.4) is 0 Å². The minimum Gasteiger partial charge on any atom is -0.489 e. The Morgan fingerprint density at radius 2 is 2.00 bits per heavy atom. The monoisotopic (exact) mass is 560 g/mol. The van der Waals surface area contributed by atoms with Gasteiger partial charge in [0, 0.05) is 6.20 Å². The first-order valence-electron chi connectivity index (χ1n) is 11.0. The molecule has 1 N–H and O–H groups in total. The zero-order chi connectivity index (χ0) is 25.7. The Morgan fingerprint density at radius 1 is 1.19 bits per heavy atom. The van der Waals surface area contributed by atoms with Crippen LogP contribution in [-0.2, 0) is 23.1 Å². The highest BCUT2D eigenvalue weighted by atomic mass is 35.5. The van der Waals surface area contributed by atoms with Gasteiger partial charge < -0.3 is 9.47 Å². The summed E-state index contributed by atoms with van der Waals surface area (Å²) in [6, 6.07) is 13.2. The van der Waals surface area contributed by atoms with E-state index in [9.17, 15) is 13.7 Å². The zero-order valence-electron chi connectivity index (χ0n) is 19.3. The van der Waals surface area contributed by atoms with E-state index in [2.05, 4.69) is 26.8 Å². The Balaban J connectivity index is 0.00000380. The number of allylic oxidation sites excluding steroid dienone is 1. The topological polar surface area (TPSA) is 114 Å². The van der Waals surface area contributed by atoms with E-state index in [1.165, 1.54) is 6.20 Å². The van der Waals surface area contributed by atoms with Crippen LogP contribution in [0.4, 0.5) is 5.95 Å². The number of anilines is 1. The number of hydrogen-bond donors (Lipinski definition) is 1. The number of nitrogens with one attached hydrogen (secondary N) is 1. The summed E-state index contributed by atoms with van der Waals surface area (Å²) in [5.41, 5.74) is 4.83. The number of aryl methyl sites for hydroxylation is 1. The first-order valence-corrected chi connectivity index (χ1v) is 13.8. The summed E-state index contributed by atoms with van der Waals surface area (Å²) >= 11 is 12.2. The summed E-state index contributed by atoms with van der Waals surface area (Å²) in [6.45, 7) is 0.404. The van der Waals surface area contributed by atoms with Gasteiger partial charge in [0.25, 0.3) is 0 Å². The second kappa shape index (κ2) is 12.3. The van der Waals surface area contributed by atoms with Crippen LogP contribution in [0.2, 0.25) is 5.02 Å². The van der Waals surface area contributed by atoms with E-state index < -0.39 is 10.0 Å². The molecule has 0 fully saturated rings. The lowest BCUT2D eigenvalue weighted by atomic mass is 9.86. The molecule has 1 heterocycles. The van der Waals surface area contributed by atoms with Gasteiger partial charge in [-0.2, -0.15) is 5.26 Å². The maximum atomic E-state index is 11.4. The van der Waals surface area contributed by atoms with E-state index in [1.54, 1.807) is 18.2 Å². The van der Waals surface area contributed by atoms with Crippen molar-refractivity contribution in [1.29, 1.82) is 5.26 Å². The molecule has 1 aliphatic carbocycles. The fourth-order valence-corrected chi connectivity index (χ4v) is 4.63. The van der Waals surface area contributed by atoms with Gasteiger partial charge in [-0.3, -0.25) is 4.72 Å². The van der Waals surface area contributed by atoms with Gasteiger partial charge in [0.2, 0.25) is 16.0 Å². The largest absolute Gasteiger partial charge is 0.489 e. The number of benzene rings is 2. The van der Waals surface area contributed by atoms with E-state index in [-0.39, 0.29) is 26.6 Å². The Labute approximate surface area is 226 Å². The van der Waals surface area contributed by atoms with Crippen LogP contribution in [0.25, 0.3) is 5.57 Å². The van der Waals surface area contributed by atoms with Gasteiger partial charge in [0.1, 0.15) is 25.0 Å². The summed E-state index contributed by atoms with van der Waals surface area (Å²) < 4.78 is 36.5. The van der Waals surface area contributed by atoms with Crippen molar-refractivity contribution < 1.29 is 17.9 Å². The van der Waals surface area contributed by atoms with Crippen LogP contribution in [-0.4, -0.2) is 37.1 Å². The molecule has 0 saturated carbocycles. The Bertz CT molecular complexity index is 1470. The number of nitrogens with zero attached hydrogens (tertiary/aromatic N) is 3. The van der Waals surface area contributed by atoms with Crippen LogP contribution in [0.15, 0.2) is 48.7 Å². The van der Waals surface area contributed by atoms with Crippen molar-refractivity contribution in [2.45, 2.75) is 26.9 Å². The summed E-state index contributed by atoms with van der Waals surface area (Å²) in [7, 11) is -3.47. The molecule has 2 aromatic carbocycles. The van der Waals surface area contributed by atoms with Crippen LogP contribution in [0.1, 0.15) is 41.8 Å². The smallest absolute Gasteiger partial charge is 0.236 e. The second-order valence-corrected chi connectivity index (χ2v) is 10.5. The minimum atomic E-state index is -3.47. The molecule has 0 atom stereocenters. The van der Waals surface area contributed by atoms with Crippen molar-refractivity contribution in [2.24, 2.45) is 0 Å². The van der Waals surface area contributed by atoms with Crippen molar-refractivity contribution in [2.75, 3.05) is 23.5 Å². The first kappa shape index (κ1) is 28.3. The number of sulfonamides is 1. The van der Waals surface area contributed by atoms with E-state index in [0.29, 0.717) is 33.7 Å². The Kier molecular flexibility index (Phi) is 9.38. The summed E-state index contributed by atoms with van der Waals surface area (Å²) in [4.78, 5) is 8.08. The Hall–Kier alpha value is -3.32. The number of aromatic nitrogens is 2. The van der Waals surface area contributed by atoms with E-state index in [4.69, 9.17) is 32.7 Å². The van der Waals surface area contributed by atoms with Gasteiger partial charge in [0.05, 0.1) is 28.4 Å². The lowest BCUT2D eigenvalue weighted by molar-refractivity contribution is 0.301. The molecular weight excluding hydrogens is 535 g/mol. The number of rotatable bonds is 9. The minimum absolute atomic E-state index is 0. The molecule has 3 aromatic rings. The predicted octanol–water partition coefficient (Wildman–Crippen LogP) is 5.58. The first-order chi connectivity index (χ1) is 17.3. The molecule has 1 aromatic heterocycles. The standard InChI is InChI=1S/C25H22Cl2N4O4S.CH4/c1-36(32,33)31-25-29-9-7-19(30-25)15-35-20-5-6-22-16(12-20)3-2-4-21(22)17-11-18(14-28)24(23(27)13-17)34-10-8-26;/h4-7,9,11-13H,2-3,8,10,15H2,1H3,(H,29,30,31);1H4. The number of ether oxygens (including phenoxy) is 2. The summed E-state index contributed by atoms with van der Waals surface area (Å²) in [5, 5.41) is 9.98. The number of fused-ring (bicyclic) bond motifs is 1. The number of halogens is 2. The van der Waals surface area contributed by atoms with Gasteiger partial charge in [-0.15, -0.1) is 11.6 Å². The van der Waals surface area contributed by atoms with Crippen molar-refractivity contribution in [3.8, 4) is 17.6 Å². The molecule has 8 nitrogen and oxygen atoms in total. The fourth-order valence-electron chi connectivity index (χ4n) is 3.85. The highest BCUT2D eigenvalue weighted by Crippen LogP contribution is 2.38. The molecule has 0 amide bonds. The lowest BCUT2D eigenvalue weighted by Crippen LogP contribution is -2.13. The number of hydrogen-bond acceptors (Lipinski definition) is 7. The molecule has 194 valence electrons. The molecule has 1 aliphatic rings. The number of nitriles is 1. The maximum Gasteiger partial charge on any atom is 0.236 e. The molecule has 4 rings (SSSR count). The molecule has 11 heteroatoms. The quantitative estimate of drug-likeness (QED) is 0.339. The normalized spacial score (nSPS) is 12.4. The van der Waals surface area contributed by atoms with Crippen molar-refractivity contribution in [3.63, 3.8) is 0 Å². The van der Waals surface area contributed by atoms with Crippen LogP contribution in [0.5, 0.6) is 11.5 Å².